The van der Waals surface area contributed by atoms with E-state index >= 15 is 0 Å². The van der Waals surface area contributed by atoms with Crippen molar-refractivity contribution >= 4 is 17.2 Å². The van der Waals surface area contributed by atoms with Gasteiger partial charge in [0.05, 0.1) is 19.9 Å². The number of methoxy groups -OCH3 is 2. The Labute approximate surface area is 126 Å². The molecule has 3 rings (SSSR count). The second kappa shape index (κ2) is 5.72. The fraction of sp³-hybridized carbons (Fsp3) is 0.133. The van der Waals surface area contributed by atoms with Gasteiger partial charge in [0.1, 0.15) is 6.33 Å². The number of aromatic nitrogens is 3. The van der Waals surface area contributed by atoms with Crippen LogP contribution in [0.3, 0.4) is 0 Å². The second-order valence-electron chi connectivity index (χ2n) is 4.51. The molecule has 1 aromatic carbocycles. The maximum atomic E-state index is 12.4. The highest BCUT2D eigenvalue weighted by molar-refractivity contribution is 6.06. The second-order valence-corrected chi connectivity index (χ2v) is 4.51. The van der Waals surface area contributed by atoms with Crippen LogP contribution in [0.15, 0.2) is 42.9 Å². The molecule has 2 aromatic heterocycles. The van der Waals surface area contributed by atoms with Crippen LogP contribution in [0.4, 0.5) is 5.69 Å². The Morgan fingerprint density at radius 1 is 1.18 bits per heavy atom. The van der Waals surface area contributed by atoms with E-state index in [9.17, 15) is 4.79 Å². The molecular formula is C15H14N4O3. The van der Waals surface area contributed by atoms with Gasteiger partial charge in [0.15, 0.2) is 17.1 Å². The lowest BCUT2D eigenvalue weighted by Gasteiger charge is -2.10. The van der Waals surface area contributed by atoms with Crippen LogP contribution in [0.1, 0.15) is 10.4 Å². The SMILES string of the molecule is COc1ccc(C(=O)Nc2cccn3cnnc23)cc1OC. The van der Waals surface area contributed by atoms with Crippen molar-refractivity contribution in [3.05, 3.63) is 48.4 Å². The molecule has 3 aromatic rings. The van der Waals surface area contributed by atoms with Gasteiger partial charge in [0.2, 0.25) is 0 Å². The summed E-state index contributed by atoms with van der Waals surface area (Å²) in [5, 5.41) is 10.6. The number of carbonyl (C=O) groups excluding carboxylic acids is 1. The summed E-state index contributed by atoms with van der Waals surface area (Å²) in [6.45, 7) is 0. The predicted molar refractivity (Wildman–Crippen MR) is 80.5 cm³/mol. The van der Waals surface area contributed by atoms with Gasteiger partial charge in [0, 0.05) is 11.8 Å². The fourth-order valence-corrected chi connectivity index (χ4v) is 2.12. The maximum absolute atomic E-state index is 12.4. The van der Waals surface area contributed by atoms with Crippen LogP contribution < -0.4 is 14.8 Å². The van der Waals surface area contributed by atoms with Crippen LogP contribution in [0, 0.1) is 0 Å². The van der Waals surface area contributed by atoms with Crippen LogP contribution in [-0.2, 0) is 0 Å². The highest BCUT2D eigenvalue weighted by Gasteiger charge is 2.13. The van der Waals surface area contributed by atoms with Crippen LogP contribution in [0.2, 0.25) is 0 Å². The molecule has 0 atom stereocenters. The zero-order valence-corrected chi connectivity index (χ0v) is 12.1. The van der Waals surface area contributed by atoms with E-state index in [1.807, 2.05) is 0 Å². The highest BCUT2D eigenvalue weighted by atomic mass is 16.5. The first kappa shape index (κ1) is 13.9. The summed E-state index contributed by atoms with van der Waals surface area (Å²) >= 11 is 0. The Morgan fingerprint density at radius 2 is 2.00 bits per heavy atom. The van der Waals surface area contributed by atoms with Gasteiger partial charge in [-0.25, -0.2) is 0 Å². The van der Waals surface area contributed by atoms with Crippen LogP contribution in [0.25, 0.3) is 5.65 Å². The smallest absolute Gasteiger partial charge is 0.255 e. The molecule has 0 fully saturated rings. The summed E-state index contributed by atoms with van der Waals surface area (Å²) in [7, 11) is 3.07. The third kappa shape index (κ3) is 2.44. The first-order chi connectivity index (χ1) is 10.7. The van der Waals surface area contributed by atoms with Crippen LogP contribution in [0.5, 0.6) is 11.5 Å². The standard InChI is InChI=1S/C15H14N4O3/c1-21-12-6-5-10(8-13(12)22-2)15(20)17-11-4-3-7-19-9-16-18-14(11)19/h3-9H,1-2H3,(H,17,20). The van der Waals surface area contributed by atoms with Gasteiger partial charge in [-0.05, 0) is 30.3 Å². The number of fused-ring (bicyclic) bond motifs is 1. The average Bonchev–Trinajstić information content (AvgIpc) is 3.03. The van der Waals surface area contributed by atoms with Crippen molar-refractivity contribution in [1.82, 2.24) is 14.6 Å². The molecule has 0 saturated carbocycles. The fourth-order valence-electron chi connectivity index (χ4n) is 2.12. The highest BCUT2D eigenvalue weighted by Crippen LogP contribution is 2.28. The maximum Gasteiger partial charge on any atom is 0.255 e. The monoisotopic (exact) mass is 298 g/mol. The van der Waals surface area contributed by atoms with E-state index in [4.69, 9.17) is 9.47 Å². The van der Waals surface area contributed by atoms with E-state index in [0.29, 0.717) is 28.4 Å². The van der Waals surface area contributed by atoms with E-state index < -0.39 is 0 Å². The Bertz CT molecular complexity index is 829. The number of nitrogens with one attached hydrogen (secondary N) is 1. The number of nitrogens with zero attached hydrogens (tertiary/aromatic N) is 3. The summed E-state index contributed by atoms with van der Waals surface area (Å²) in [5.41, 5.74) is 1.62. The molecule has 0 bridgehead atoms. The van der Waals surface area contributed by atoms with E-state index in [0.717, 1.165) is 0 Å². The number of carbonyl (C=O) groups is 1. The molecule has 0 unspecified atom stereocenters. The summed E-state index contributed by atoms with van der Waals surface area (Å²) in [5.74, 6) is 0.798. The van der Waals surface area contributed by atoms with Crippen molar-refractivity contribution in [3.8, 4) is 11.5 Å². The predicted octanol–water partition coefficient (Wildman–Crippen LogP) is 2.00. The molecule has 0 aliphatic carbocycles. The third-order valence-corrected chi connectivity index (χ3v) is 3.22. The summed E-state index contributed by atoms with van der Waals surface area (Å²) in [6.07, 6.45) is 3.38. The first-order valence-corrected chi connectivity index (χ1v) is 6.54. The van der Waals surface area contributed by atoms with Gasteiger partial charge in [-0.2, -0.15) is 0 Å². The van der Waals surface area contributed by atoms with Gasteiger partial charge in [-0.3, -0.25) is 9.20 Å². The molecule has 0 spiro atoms. The molecule has 7 nitrogen and oxygen atoms in total. The number of hydrogen-bond donors (Lipinski definition) is 1. The van der Waals surface area contributed by atoms with Crippen molar-refractivity contribution in [1.29, 1.82) is 0 Å². The molecule has 0 aliphatic rings. The third-order valence-electron chi connectivity index (χ3n) is 3.22. The topological polar surface area (TPSA) is 77.8 Å². The number of pyridine rings is 1. The molecule has 0 saturated heterocycles. The number of ether oxygens (including phenoxy) is 2. The Hall–Kier alpha value is -3.09. The van der Waals surface area contributed by atoms with Crippen molar-refractivity contribution < 1.29 is 14.3 Å². The van der Waals surface area contributed by atoms with Gasteiger partial charge < -0.3 is 14.8 Å². The lowest BCUT2D eigenvalue weighted by molar-refractivity contribution is 0.102. The minimum absolute atomic E-state index is 0.267. The minimum atomic E-state index is -0.267. The largest absolute Gasteiger partial charge is 0.493 e. The van der Waals surface area contributed by atoms with E-state index in [-0.39, 0.29) is 5.91 Å². The van der Waals surface area contributed by atoms with Gasteiger partial charge in [-0.15, -0.1) is 10.2 Å². The molecular weight excluding hydrogens is 284 g/mol. The lowest BCUT2D eigenvalue weighted by atomic mass is 10.2. The first-order valence-electron chi connectivity index (χ1n) is 6.54. The quantitative estimate of drug-likeness (QED) is 0.797. The molecule has 1 amide bonds. The Kier molecular flexibility index (Phi) is 3.61. The molecule has 7 heteroatoms. The number of rotatable bonds is 4. The van der Waals surface area contributed by atoms with Crippen molar-refractivity contribution in [2.45, 2.75) is 0 Å². The average molecular weight is 298 g/mol. The number of amides is 1. The normalized spacial score (nSPS) is 10.5. The zero-order valence-electron chi connectivity index (χ0n) is 12.1. The van der Waals surface area contributed by atoms with Crippen LogP contribution in [-0.4, -0.2) is 34.7 Å². The molecule has 2 heterocycles. The molecule has 112 valence electrons. The zero-order chi connectivity index (χ0) is 15.5. The molecule has 22 heavy (non-hydrogen) atoms. The lowest BCUT2D eigenvalue weighted by Crippen LogP contribution is -2.13. The number of benzene rings is 1. The Balaban J connectivity index is 1.90. The van der Waals surface area contributed by atoms with Gasteiger partial charge >= 0.3 is 0 Å². The van der Waals surface area contributed by atoms with Crippen LogP contribution >= 0.6 is 0 Å². The molecule has 1 N–H and O–H groups in total. The van der Waals surface area contributed by atoms with Crippen molar-refractivity contribution in [2.75, 3.05) is 19.5 Å². The van der Waals surface area contributed by atoms with E-state index in [1.165, 1.54) is 7.11 Å². The summed E-state index contributed by atoms with van der Waals surface area (Å²) in [6, 6.07) is 8.55. The van der Waals surface area contributed by atoms with Crippen molar-refractivity contribution in [3.63, 3.8) is 0 Å². The Morgan fingerprint density at radius 3 is 2.77 bits per heavy atom. The van der Waals surface area contributed by atoms with Gasteiger partial charge in [-0.1, -0.05) is 0 Å². The van der Waals surface area contributed by atoms with E-state index in [2.05, 4.69) is 15.5 Å². The molecule has 0 aliphatic heterocycles. The van der Waals surface area contributed by atoms with Crippen molar-refractivity contribution in [2.24, 2.45) is 0 Å². The van der Waals surface area contributed by atoms with E-state index in [1.54, 1.807) is 54.4 Å². The number of anilines is 1. The molecule has 0 radical (unpaired) electrons. The minimum Gasteiger partial charge on any atom is -0.493 e. The summed E-state index contributed by atoms with van der Waals surface area (Å²) < 4.78 is 12.1. The van der Waals surface area contributed by atoms with Gasteiger partial charge in [0.25, 0.3) is 5.91 Å². The summed E-state index contributed by atoms with van der Waals surface area (Å²) in [4.78, 5) is 12.4. The number of hydrogen-bond acceptors (Lipinski definition) is 5.